The first-order chi connectivity index (χ1) is 8.17. The van der Waals surface area contributed by atoms with Gasteiger partial charge in [0.05, 0.1) is 6.61 Å². The van der Waals surface area contributed by atoms with Gasteiger partial charge in [0.15, 0.2) is 0 Å². The van der Waals surface area contributed by atoms with Gasteiger partial charge in [-0.25, -0.2) is 0 Å². The highest BCUT2D eigenvalue weighted by Crippen LogP contribution is 2.24. The van der Waals surface area contributed by atoms with E-state index in [2.05, 4.69) is 5.32 Å². The maximum atomic E-state index is 11.8. The maximum Gasteiger partial charge on any atom is 0.251 e. The molecule has 0 bridgehead atoms. The van der Waals surface area contributed by atoms with Crippen molar-refractivity contribution in [3.05, 3.63) is 35.9 Å². The minimum absolute atomic E-state index is 0.0784. The summed E-state index contributed by atoms with van der Waals surface area (Å²) < 4.78 is 0. The van der Waals surface area contributed by atoms with E-state index in [-0.39, 0.29) is 17.9 Å². The number of nitrogens with one attached hydrogen (secondary N) is 1. The molecule has 2 N–H and O–H groups in total. The molecule has 0 saturated carbocycles. The zero-order valence-corrected chi connectivity index (χ0v) is 10.6. The molecule has 17 heavy (non-hydrogen) atoms. The highest BCUT2D eigenvalue weighted by molar-refractivity contribution is 5.94. The molecule has 1 rings (SSSR count). The second kappa shape index (κ2) is 6.40. The van der Waals surface area contributed by atoms with Crippen molar-refractivity contribution in [1.29, 1.82) is 0 Å². The molecule has 0 aliphatic carbocycles. The summed E-state index contributed by atoms with van der Waals surface area (Å²) in [5, 5.41) is 12.3. The minimum Gasteiger partial charge on any atom is -0.396 e. The number of aliphatic hydroxyl groups is 1. The second-order valence-electron chi connectivity index (χ2n) is 4.41. The maximum absolute atomic E-state index is 11.8. The van der Waals surface area contributed by atoms with Crippen LogP contribution in [0.2, 0.25) is 0 Å². The van der Waals surface area contributed by atoms with Crippen LogP contribution in [0.1, 0.15) is 37.0 Å². The van der Waals surface area contributed by atoms with E-state index in [0.29, 0.717) is 12.1 Å². The monoisotopic (exact) mass is 235 g/mol. The van der Waals surface area contributed by atoms with Gasteiger partial charge < -0.3 is 10.4 Å². The van der Waals surface area contributed by atoms with Gasteiger partial charge in [-0.3, -0.25) is 4.79 Å². The largest absolute Gasteiger partial charge is 0.396 e. The van der Waals surface area contributed by atoms with E-state index in [1.807, 2.05) is 32.0 Å². The number of hydrogen-bond donors (Lipinski definition) is 2. The van der Waals surface area contributed by atoms with Crippen LogP contribution in [-0.2, 0) is 0 Å². The number of benzene rings is 1. The van der Waals surface area contributed by atoms with Crippen LogP contribution in [0.4, 0.5) is 0 Å². The molecule has 1 aromatic rings. The van der Waals surface area contributed by atoms with Gasteiger partial charge in [-0.2, -0.15) is 0 Å². The number of hydrogen-bond acceptors (Lipinski definition) is 2. The Balaban J connectivity index is 2.59. The number of carbonyl (C=O) groups is 1. The Labute approximate surface area is 103 Å². The van der Waals surface area contributed by atoms with Crippen molar-refractivity contribution in [2.75, 3.05) is 13.2 Å². The Morgan fingerprint density at radius 2 is 1.82 bits per heavy atom. The summed E-state index contributed by atoms with van der Waals surface area (Å²) in [5.41, 5.74) is 0.469. The molecule has 0 unspecified atom stereocenters. The Morgan fingerprint density at radius 1 is 1.24 bits per heavy atom. The lowest BCUT2D eigenvalue weighted by molar-refractivity contribution is 0.0851. The fraction of sp³-hybridized carbons (Fsp3) is 0.500. The van der Waals surface area contributed by atoms with Gasteiger partial charge >= 0.3 is 0 Å². The molecule has 94 valence electrons. The van der Waals surface area contributed by atoms with Crippen LogP contribution in [0, 0.1) is 5.41 Å². The molecule has 0 aliphatic heterocycles. The van der Waals surface area contributed by atoms with Crippen LogP contribution in [0.15, 0.2) is 30.3 Å². The van der Waals surface area contributed by atoms with Crippen molar-refractivity contribution in [2.45, 2.75) is 26.7 Å². The molecule has 0 aliphatic rings. The first-order valence-corrected chi connectivity index (χ1v) is 6.11. The Kier molecular flexibility index (Phi) is 5.16. The normalized spacial score (nSPS) is 11.2. The lowest BCUT2D eigenvalue weighted by atomic mass is 9.83. The smallest absolute Gasteiger partial charge is 0.251 e. The molecule has 0 spiro atoms. The molecule has 0 saturated heterocycles. The summed E-state index contributed by atoms with van der Waals surface area (Å²) in [4.78, 5) is 11.8. The zero-order valence-electron chi connectivity index (χ0n) is 10.6. The second-order valence-corrected chi connectivity index (χ2v) is 4.41. The summed E-state index contributed by atoms with van der Waals surface area (Å²) in [7, 11) is 0. The van der Waals surface area contributed by atoms with Gasteiger partial charge in [-0.1, -0.05) is 32.0 Å². The van der Waals surface area contributed by atoms with Crippen LogP contribution >= 0.6 is 0 Å². The fourth-order valence-electron chi connectivity index (χ4n) is 1.74. The number of amides is 1. The van der Waals surface area contributed by atoms with Crippen molar-refractivity contribution in [3.8, 4) is 0 Å². The molecule has 3 nitrogen and oxygen atoms in total. The lowest BCUT2D eigenvalue weighted by Crippen LogP contribution is -2.39. The van der Waals surface area contributed by atoms with Gasteiger partial charge in [0.2, 0.25) is 0 Å². The number of carbonyl (C=O) groups excluding carboxylic acids is 1. The fourth-order valence-corrected chi connectivity index (χ4v) is 1.74. The lowest BCUT2D eigenvalue weighted by Gasteiger charge is -2.29. The van der Waals surface area contributed by atoms with Crippen LogP contribution in [0.3, 0.4) is 0 Å². The Bertz CT molecular complexity index is 336. The third-order valence-corrected chi connectivity index (χ3v) is 3.50. The van der Waals surface area contributed by atoms with Crippen molar-refractivity contribution in [1.82, 2.24) is 5.32 Å². The standard InChI is InChI=1S/C14H21NO2/c1-3-14(4-2,11-16)10-15-13(17)12-8-6-5-7-9-12/h5-9,16H,3-4,10-11H2,1-2H3,(H,15,17). The van der Waals surface area contributed by atoms with Crippen molar-refractivity contribution in [2.24, 2.45) is 5.41 Å². The van der Waals surface area contributed by atoms with E-state index in [4.69, 9.17) is 0 Å². The van der Waals surface area contributed by atoms with Crippen molar-refractivity contribution in [3.63, 3.8) is 0 Å². The summed E-state index contributed by atoms with van der Waals surface area (Å²) in [5.74, 6) is -0.0784. The predicted octanol–water partition coefficient (Wildman–Crippen LogP) is 2.22. The number of rotatable bonds is 6. The van der Waals surface area contributed by atoms with Gasteiger partial charge in [0.1, 0.15) is 0 Å². The average Bonchev–Trinajstić information content (AvgIpc) is 2.41. The van der Waals surface area contributed by atoms with Gasteiger partial charge in [0.25, 0.3) is 5.91 Å². The van der Waals surface area contributed by atoms with E-state index >= 15 is 0 Å². The topological polar surface area (TPSA) is 49.3 Å². The van der Waals surface area contributed by atoms with Crippen molar-refractivity contribution < 1.29 is 9.90 Å². The van der Waals surface area contributed by atoms with Gasteiger partial charge in [-0.05, 0) is 25.0 Å². The van der Waals surface area contributed by atoms with Gasteiger partial charge in [0, 0.05) is 17.5 Å². The zero-order chi connectivity index (χ0) is 12.7. The molecular weight excluding hydrogens is 214 g/mol. The summed E-state index contributed by atoms with van der Waals surface area (Å²) in [6.07, 6.45) is 1.71. The number of aliphatic hydroxyl groups excluding tert-OH is 1. The highest BCUT2D eigenvalue weighted by Gasteiger charge is 2.25. The quantitative estimate of drug-likeness (QED) is 0.794. The minimum atomic E-state index is -0.190. The first-order valence-electron chi connectivity index (χ1n) is 6.11. The van der Waals surface area contributed by atoms with Crippen molar-refractivity contribution >= 4 is 5.91 Å². The molecule has 0 aromatic heterocycles. The van der Waals surface area contributed by atoms with E-state index in [9.17, 15) is 9.90 Å². The first kappa shape index (κ1) is 13.7. The summed E-state index contributed by atoms with van der Waals surface area (Å²) in [6.45, 7) is 4.70. The Hall–Kier alpha value is -1.35. The highest BCUT2D eigenvalue weighted by atomic mass is 16.3. The van der Waals surface area contributed by atoms with Crippen LogP contribution < -0.4 is 5.32 Å². The summed E-state index contributed by atoms with van der Waals surface area (Å²) >= 11 is 0. The summed E-state index contributed by atoms with van der Waals surface area (Å²) in [6, 6.07) is 9.14. The predicted molar refractivity (Wildman–Crippen MR) is 68.9 cm³/mol. The average molecular weight is 235 g/mol. The third kappa shape index (κ3) is 3.56. The molecule has 0 atom stereocenters. The molecule has 0 heterocycles. The van der Waals surface area contributed by atoms with Gasteiger partial charge in [-0.15, -0.1) is 0 Å². The van der Waals surface area contributed by atoms with E-state index in [1.165, 1.54) is 0 Å². The molecular formula is C14H21NO2. The van der Waals surface area contributed by atoms with Crippen LogP contribution in [0.5, 0.6) is 0 Å². The molecule has 3 heteroatoms. The van der Waals surface area contributed by atoms with Crippen LogP contribution in [-0.4, -0.2) is 24.2 Å². The van der Waals surface area contributed by atoms with Crippen LogP contribution in [0.25, 0.3) is 0 Å². The van der Waals surface area contributed by atoms with E-state index in [0.717, 1.165) is 12.8 Å². The van der Waals surface area contributed by atoms with E-state index < -0.39 is 0 Å². The molecule has 0 fully saturated rings. The third-order valence-electron chi connectivity index (χ3n) is 3.50. The SMILES string of the molecule is CCC(CC)(CO)CNC(=O)c1ccccc1. The molecule has 1 aromatic carbocycles. The molecule has 1 amide bonds. The molecule has 0 radical (unpaired) electrons. The Morgan fingerprint density at radius 3 is 2.29 bits per heavy atom. The van der Waals surface area contributed by atoms with E-state index in [1.54, 1.807) is 12.1 Å².